The van der Waals surface area contributed by atoms with Crippen LogP contribution in [0.5, 0.6) is 0 Å². The fourth-order valence-corrected chi connectivity index (χ4v) is 0.990. The molecule has 0 aliphatic rings. The highest BCUT2D eigenvalue weighted by atomic mass is 16.5. The van der Waals surface area contributed by atoms with E-state index in [4.69, 9.17) is 9.47 Å². The summed E-state index contributed by atoms with van der Waals surface area (Å²) in [7, 11) is 1.61. The summed E-state index contributed by atoms with van der Waals surface area (Å²) in [6.45, 7) is 2.92. The van der Waals surface area contributed by atoms with Gasteiger partial charge in [-0.3, -0.25) is 0 Å². The molecule has 0 heterocycles. The third-order valence-corrected chi connectivity index (χ3v) is 1.84. The molecule has 3 heteroatoms. The van der Waals surface area contributed by atoms with E-state index in [-0.39, 0.29) is 6.61 Å². The monoisotopic (exact) mass is 224 g/mol. The first-order valence-corrected chi connectivity index (χ1v) is 5.60. The Hall–Kier alpha value is -1.27. The third-order valence-electron chi connectivity index (χ3n) is 1.84. The molecule has 0 radical (unpaired) electrons. The maximum atomic E-state index is 11.0. The zero-order valence-electron chi connectivity index (χ0n) is 10.1. The number of hydrogen-bond donors (Lipinski definition) is 0. The van der Waals surface area contributed by atoms with Crippen LogP contribution in [0.4, 0.5) is 0 Å². The van der Waals surface area contributed by atoms with E-state index in [1.807, 2.05) is 0 Å². The molecule has 0 bridgehead atoms. The van der Waals surface area contributed by atoms with E-state index in [0.717, 1.165) is 25.7 Å². The van der Waals surface area contributed by atoms with E-state index < -0.39 is 5.97 Å². The van der Waals surface area contributed by atoms with Gasteiger partial charge >= 0.3 is 5.97 Å². The molecule has 3 nitrogen and oxygen atoms in total. The largest absolute Gasteiger partial charge is 0.452 e. The van der Waals surface area contributed by atoms with Crippen LogP contribution < -0.4 is 0 Å². The minimum Gasteiger partial charge on any atom is -0.452 e. The van der Waals surface area contributed by atoms with Crippen LogP contribution in [0.2, 0.25) is 0 Å². The number of hydrogen-bond acceptors (Lipinski definition) is 3. The van der Waals surface area contributed by atoms with Gasteiger partial charge in [0.25, 0.3) is 0 Å². The number of methoxy groups -OCH3 is 1. The van der Waals surface area contributed by atoms with Crippen LogP contribution in [0.3, 0.4) is 0 Å². The Morgan fingerprint density at radius 3 is 2.69 bits per heavy atom. The molecule has 0 aliphatic heterocycles. The minimum absolute atomic E-state index is 0.256. The summed E-state index contributed by atoms with van der Waals surface area (Å²) in [5.41, 5.74) is 0. The van der Waals surface area contributed by atoms with Crippen molar-refractivity contribution in [3.05, 3.63) is 12.2 Å². The quantitative estimate of drug-likeness (QED) is 0.219. The van der Waals surface area contributed by atoms with Gasteiger partial charge in [0.2, 0.25) is 0 Å². The summed E-state index contributed by atoms with van der Waals surface area (Å²) in [5, 5.41) is 0. The second-order valence-electron chi connectivity index (χ2n) is 3.28. The second kappa shape index (κ2) is 11.8. The fourth-order valence-electron chi connectivity index (χ4n) is 0.990. The van der Waals surface area contributed by atoms with E-state index >= 15 is 0 Å². The first-order valence-electron chi connectivity index (χ1n) is 5.60. The van der Waals surface area contributed by atoms with Gasteiger partial charge in [0.1, 0.15) is 6.61 Å². The van der Waals surface area contributed by atoms with E-state index in [0.29, 0.717) is 6.61 Å². The number of ether oxygens (including phenoxy) is 2. The molecule has 0 aromatic rings. The lowest BCUT2D eigenvalue weighted by Crippen LogP contribution is -2.00. The zero-order valence-corrected chi connectivity index (χ0v) is 10.1. The normalized spacial score (nSPS) is 9.88. The van der Waals surface area contributed by atoms with Crippen molar-refractivity contribution in [2.75, 3.05) is 20.3 Å². The molecule has 0 unspecified atom stereocenters. The first kappa shape index (κ1) is 14.7. The van der Waals surface area contributed by atoms with Crippen LogP contribution in [0.25, 0.3) is 0 Å². The van der Waals surface area contributed by atoms with Crippen LogP contribution in [0, 0.1) is 11.8 Å². The molecule has 0 aromatic carbocycles. The lowest BCUT2D eigenvalue weighted by Gasteiger charge is -1.94. The van der Waals surface area contributed by atoms with Crippen LogP contribution in [-0.4, -0.2) is 26.3 Å². The van der Waals surface area contributed by atoms with Crippen molar-refractivity contribution in [3.8, 4) is 11.8 Å². The van der Waals surface area contributed by atoms with Crippen LogP contribution in [0.15, 0.2) is 12.2 Å². The average molecular weight is 224 g/mol. The van der Waals surface area contributed by atoms with Crippen molar-refractivity contribution < 1.29 is 14.3 Å². The minimum atomic E-state index is -0.460. The van der Waals surface area contributed by atoms with E-state index in [1.54, 1.807) is 19.3 Å². The lowest BCUT2D eigenvalue weighted by atomic mass is 10.2. The summed E-state index contributed by atoms with van der Waals surface area (Å²) in [5.74, 6) is 4.80. The van der Waals surface area contributed by atoms with Gasteiger partial charge in [-0.2, -0.15) is 0 Å². The maximum absolute atomic E-state index is 11.0. The molecular weight excluding hydrogens is 204 g/mol. The van der Waals surface area contributed by atoms with Gasteiger partial charge in [-0.15, -0.1) is 0 Å². The molecular formula is C13H20O3. The number of rotatable bonds is 7. The first-order chi connectivity index (χ1) is 7.81. The highest BCUT2D eigenvalue weighted by Crippen LogP contribution is 1.96. The summed E-state index contributed by atoms with van der Waals surface area (Å²) >= 11 is 0. The Bertz CT molecular complexity index is 258. The average Bonchev–Trinajstić information content (AvgIpc) is 2.28. The van der Waals surface area contributed by atoms with Gasteiger partial charge in [-0.25, -0.2) is 4.79 Å². The Balaban J connectivity index is 3.49. The molecule has 0 amide bonds. The lowest BCUT2D eigenvalue weighted by molar-refractivity contribution is -0.135. The van der Waals surface area contributed by atoms with Crippen LogP contribution in [-0.2, 0) is 14.3 Å². The molecule has 0 atom stereocenters. The standard InChI is InChI=1S/C13H20O3/c1-3-4-5-6-7-10-13(14)16-12-9-8-11-15-2/h8-9H,3-6,11-12H2,1-2H3/b9-8+. The third kappa shape index (κ3) is 10.8. The summed E-state index contributed by atoms with van der Waals surface area (Å²) in [6.07, 6.45) is 7.66. The van der Waals surface area contributed by atoms with Gasteiger partial charge in [-0.1, -0.05) is 31.8 Å². The van der Waals surface area contributed by atoms with Crippen molar-refractivity contribution in [1.82, 2.24) is 0 Å². The summed E-state index contributed by atoms with van der Waals surface area (Å²) in [4.78, 5) is 11.0. The van der Waals surface area contributed by atoms with Crippen molar-refractivity contribution in [3.63, 3.8) is 0 Å². The second-order valence-corrected chi connectivity index (χ2v) is 3.28. The van der Waals surface area contributed by atoms with Crippen molar-refractivity contribution in [2.24, 2.45) is 0 Å². The molecule has 0 saturated carbocycles. The van der Waals surface area contributed by atoms with Crippen LogP contribution >= 0.6 is 0 Å². The Labute approximate surface area is 97.8 Å². The molecule has 0 spiro atoms. The highest BCUT2D eigenvalue weighted by Gasteiger charge is 1.92. The Morgan fingerprint density at radius 2 is 2.00 bits per heavy atom. The Kier molecular flexibility index (Phi) is 10.9. The van der Waals surface area contributed by atoms with Gasteiger partial charge in [0, 0.05) is 19.5 Å². The molecule has 0 aliphatic carbocycles. The van der Waals surface area contributed by atoms with Crippen LogP contribution in [0.1, 0.15) is 32.6 Å². The summed E-state index contributed by atoms with van der Waals surface area (Å²) in [6, 6.07) is 0. The Morgan fingerprint density at radius 1 is 1.25 bits per heavy atom. The van der Waals surface area contributed by atoms with Gasteiger partial charge in [0.05, 0.1) is 6.61 Å². The SMILES string of the molecule is CCCCCC#CC(=O)OC/C=C/COC. The molecule has 0 N–H and O–H groups in total. The fraction of sp³-hybridized carbons (Fsp3) is 0.615. The molecule has 0 fully saturated rings. The molecule has 0 rings (SSSR count). The van der Waals surface area contributed by atoms with E-state index in [2.05, 4.69) is 18.8 Å². The molecule has 16 heavy (non-hydrogen) atoms. The van der Waals surface area contributed by atoms with Crippen molar-refractivity contribution >= 4 is 5.97 Å². The predicted molar refractivity (Wildman–Crippen MR) is 63.9 cm³/mol. The van der Waals surface area contributed by atoms with Crippen molar-refractivity contribution in [2.45, 2.75) is 32.6 Å². The molecule has 0 aromatic heterocycles. The highest BCUT2D eigenvalue weighted by molar-refractivity contribution is 5.88. The topological polar surface area (TPSA) is 35.5 Å². The van der Waals surface area contributed by atoms with Gasteiger partial charge in [-0.05, 0) is 12.5 Å². The number of esters is 1. The number of unbranched alkanes of at least 4 members (excludes halogenated alkanes) is 3. The maximum Gasteiger partial charge on any atom is 0.384 e. The van der Waals surface area contributed by atoms with Crippen molar-refractivity contribution in [1.29, 1.82) is 0 Å². The predicted octanol–water partition coefficient (Wildman–Crippen LogP) is 2.32. The molecule has 90 valence electrons. The van der Waals surface area contributed by atoms with E-state index in [9.17, 15) is 4.79 Å². The summed E-state index contributed by atoms with van der Waals surface area (Å²) < 4.78 is 9.64. The zero-order chi connectivity index (χ0) is 12.1. The smallest absolute Gasteiger partial charge is 0.384 e. The van der Waals surface area contributed by atoms with Gasteiger partial charge < -0.3 is 9.47 Å². The van der Waals surface area contributed by atoms with E-state index in [1.165, 1.54) is 0 Å². The number of carbonyl (C=O) groups excluding carboxylic acids is 1. The molecule has 0 saturated heterocycles. The number of carbonyl (C=O) groups is 1. The van der Waals surface area contributed by atoms with Gasteiger partial charge in [0.15, 0.2) is 0 Å².